The van der Waals surface area contributed by atoms with Crippen molar-refractivity contribution >= 4 is 16.6 Å². The van der Waals surface area contributed by atoms with E-state index in [1.165, 1.54) is 12.8 Å². The molecule has 0 radical (unpaired) electrons. The van der Waals surface area contributed by atoms with Crippen LogP contribution in [0.2, 0.25) is 0 Å². The van der Waals surface area contributed by atoms with E-state index in [0.29, 0.717) is 25.0 Å². The molecule has 2 N–H and O–H groups in total. The summed E-state index contributed by atoms with van der Waals surface area (Å²) in [6, 6.07) is 8.36. The molecule has 5 nitrogen and oxygen atoms in total. The summed E-state index contributed by atoms with van der Waals surface area (Å²) in [7, 11) is 1.66. The SMILES string of the molecule is COc1cc(NCC(C)(O)CN2CCCC(C)C2C)c2ncccc2c1. The van der Waals surface area contributed by atoms with Crippen LogP contribution in [0.4, 0.5) is 5.69 Å². The molecule has 0 bridgehead atoms. The molecular weight excluding hydrogens is 326 g/mol. The van der Waals surface area contributed by atoms with Gasteiger partial charge in [-0.3, -0.25) is 9.88 Å². The van der Waals surface area contributed by atoms with Gasteiger partial charge in [0, 0.05) is 36.8 Å². The normalized spacial score (nSPS) is 23.6. The summed E-state index contributed by atoms with van der Waals surface area (Å²) in [4.78, 5) is 6.90. The Bertz CT molecular complexity index is 747. The first kappa shape index (κ1) is 18.9. The van der Waals surface area contributed by atoms with E-state index in [-0.39, 0.29) is 0 Å². The van der Waals surface area contributed by atoms with Crippen molar-refractivity contribution in [1.29, 1.82) is 0 Å². The van der Waals surface area contributed by atoms with E-state index in [4.69, 9.17) is 4.74 Å². The number of nitrogens with one attached hydrogen (secondary N) is 1. The van der Waals surface area contributed by atoms with Crippen LogP contribution < -0.4 is 10.1 Å². The fraction of sp³-hybridized carbons (Fsp3) is 0.571. The standard InChI is InChI=1S/C21H31N3O2/c1-15-7-6-10-24(16(15)2)14-21(3,25)13-23-19-12-18(26-4)11-17-8-5-9-22-20(17)19/h5,8-9,11-12,15-16,23,25H,6-7,10,13-14H2,1-4H3. The third-order valence-corrected chi connectivity index (χ3v) is 5.62. The van der Waals surface area contributed by atoms with E-state index in [0.717, 1.165) is 28.9 Å². The molecule has 3 atom stereocenters. The number of likely N-dealkylation sites (tertiary alicyclic amines) is 1. The Kier molecular flexibility index (Phi) is 5.68. The third-order valence-electron chi connectivity index (χ3n) is 5.62. The second-order valence-electron chi connectivity index (χ2n) is 7.93. The Balaban J connectivity index is 1.72. The lowest BCUT2D eigenvalue weighted by Gasteiger charge is -2.41. The van der Waals surface area contributed by atoms with Crippen LogP contribution >= 0.6 is 0 Å². The number of pyridine rings is 1. The first-order chi connectivity index (χ1) is 12.4. The lowest BCUT2D eigenvalue weighted by Crippen LogP contribution is -2.52. The van der Waals surface area contributed by atoms with Gasteiger partial charge in [0.15, 0.2) is 0 Å². The van der Waals surface area contributed by atoms with Crippen LogP contribution in [0.25, 0.3) is 10.9 Å². The summed E-state index contributed by atoms with van der Waals surface area (Å²) in [5.41, 5.74) is 0.958. The molecule has 0 amide bonds. The Morgan fingerprint density at radius 3 is 2.96 bits per heavy atom. The summed E-state index contributed by atoms with van der Waals surface area (Å²) in [5, 5.41) is 15.4. The van der Waals surface area contributed by atoms with Crippen LogP contribution in [0, 0.1) is 5.92 Å². The topological polar surface area (TPSA) is 57.6 Å². The molecule has 1 aromatic heterocycles. The van der Waals surface area contributed by atoms with Crippen LogP contribution in [0.1, 0.15) is 33.6 Å². The molecule has 3 unspecified atom stereocenters. The molecular formula is C21H31N3O2. The lowest BCUT2D eigenvalue weighted by atomic mass is 9.90. The van der Waals surface area contributed by atoms with Crippen molar-refractivity contribution in [3.63, 3.8) is 0 Å². The molecule has 0 saturated carbocycles. The summed E-state index contributed by atoms with van der Waals surface area (Å²) >= 11 is 0. The molecule has 0 aliphatic carbocycles. The summed E-state index contributed by atoms with van der Waals surface area (Å²) < 4.78 is 5.40. The van der Waals surface area contributed by atoms with Gasteiger partial charge in [-0.05, 0) is 51.3 Å². The number of nitrogens with zero attached hydrogens (tertiary/aromatic N) is 2. The molecule has 2 aromatic rings. The fourth-order valence-electron chi connectivity index (χ4n) is 3.84. The van der Waals surface area contributed by atoms with Crippen LogP contribution in [0.3, 0.4) is 0 Å². The van der Waals surface area contributed by atoms with Crippen molar-refractivity contribution < 1.29 is 9.84 Å². The van der Waals surface area contributed by atoms with Crippen LogP contribution in [-0.2, 0) is 0 Å². The molecule has 1 fully saturated rings. The van der Waals surface area contributed by atoms with Gasteiger partial charge in [0.1, 0.15) is 5.75 Å². The number of aliphatic hydroxyl groups is 1. The number of anilines is 1. The van der Waals surface area contributed by atoms with E-state index >= 15 is 0 Å². The van der Waals surface area contributed by atoms with Crippen molar-refractivity contribution in [3.05, 3.63) is 30.5 Å². The van der Waals surface area contributed by atoms with E-state index in [9.17, 15) is 5.11 Å². The van der Waals surface area contributed by atoms with Crippen LogP contribution in [0.15, 0.2) is 30.5 Å². The molecule has 1 aliphatic heterocycles. The molecule has 1 aliphatic rings. The highest BCUT2D eigenvalue weighted by Crippen LogP contribution is 2.29. The zero-order valence-electron chi connectivity index (χ0n) is 16.3. The average Bonchev–Trinajstić information content (AvgIpc) is 2.63. The van der Waals surface area contributed by atoms with Gasteiger partial charge in [-0.2, -0.15) is 0 Å². The van der Waals surface area contributed by atoms with Gasteiger partial charge in [-0.1, -0.05) is 13.0 Å². The maximum absolute atomic E-state index is 11.0. The van der Waals surface area contributed by atoms with Gasteiger partial charge in [0.2, 0.25) is 0 Å². The Morgan fingerprint density at radius 2 is 2.19 bits per heavy atom. The number of β-amino-alcohol motifs (C(OH)–C–C–N with tert-alkyl or cyclic N) is 1. The number of hydrogen-bond acceptors (Lipinski definition) is 5. The van der Waals surface area contributed by atoms with Crippen molar-refractivity contribution in [3.8, 4) is 5.75 Å². The van der Waals surface area contributed by atoms with E-state index in [2.05, 4.69) is 29.0 Å². The van der Waals surface area contributed by atoms with E-state index in [1.807, 2.05) is 31.2 Å². The molecule has 5 heteroatoms. The smallest absolute Gasteiger partial charge is 0.121 e. The van der Waals surface area contributed by atoms with E-state index < -0.39 is 5.60 Å². The molecule has 0 spiro atoms. The number of fused-ring (bicyclic) bond motifs is 1. The Morgan fingerprint density at radius 1 is 1.38 bits per heavy atom. The van der Waals surface area contributed by atoms with Crippen LogP contribution in [-0.4, -0.2) is 53.4 Å². The minimum Gasteiger partial charge on any atom is -0.497 e. The van der Waals surface area contributed by atoms with Gasteiger partial charge < -0.3 is 15.2 Å². The number of benzene rings is 1. The maximum atomic E-state index is 11.0. The Labute approximate surface area is 156 Å². The van der Waals surface area contributed by atoms with Crippen LogP contribution in [0.5, 0.6) is 5.75 Å². The van der Waals surface area contributed by atoms with E-state index in [1.54, 1.807) is 13.3 Å². The van der Waals surface area contributed by atoms with Gasteiger partial charge in [0.05, 0.1) is 23.9 Å². The minimum absolute atomic E-state index is 0.462. The molecule has 1 saturated heterocycles. The predicted molar refractivity (Wildman–Crippen MR) is 107 cm³/mol. The number of piperidine rings is 1. The third kappa shape index (κ3) is 4.27. The second-order valence-corrected chi connectivity index (χ2v) is 7.93. The zero-order chi connectivity index (χ0) is 18.7. The number of rotatable bonds is 6. The largest absolute Gasteiger partial charge is 0.497 e. The van der Waals surface area contributed by atoms with Gasteiger partial charge in [-0.15, -0.1) is 0 Å². The van der Waals surface area contributed by atoms with Gasteiger partial charge in [0.25, 0.3) is 0 Å². The fourth-order valence-corrected chi connectivity index (χ4v) is 3.84. The highest BCUT2D eigenvalue weighted by atomic mass is 16.5. The molecule has 142 valence electrons. The van der Waals surface area contributed by atoms with Gasteiger partial charge >= 0.3 is 0 Å². The first-order valence-electron chi connectivity index (χ1n) is 9.53. The molecule has 2 heterocycles. The maximum Gasteiger partial charge on any atom is 0.121 e. The summed E-state index contributed by atoms with van der Waals surface area (Å²) in [6.45, 7) is 8.67. The number of ether oxygens (including phenoxy) is 1. The quantitative estimate of drug-likeness (QED) is 0.828. The molecule has 1 aromatic carbocycles. The highest BCUT2D eigenvalue weighted by molar-refractivity contribution is 5.91. The first-order valence-corrected chi connectivity index (χ1v) is 9.53. The Hall–Kier alpha value is -1.85. The molecule has 26 heavy (non-hydrogen) atoms. The predicted octanol–water partition coefficient (Wildman–Crippen LogP) is 3.53. The average molecular weight is 357 g/mol. The summed E-state index contributed by atoms with van der Waals surface area (Å²) in [6.07, 6.45) is 4.27. The molecule has 3 rings (SSSR count). The van der Waals surface area contributed by atoms with Crippen molar-refractivity contribution in [2.45, 2.75) is 45.3 Å². The monoisotopic (exact) mass is 357 g/mol. The highest BCUT2D eigenvalue weighted by Gasteiger charge is 2.31. The number of methoxy groups -OCH3 is 1. The number of aromatic nitrogens is 1. The zero-order valence-corrected chi connectivity index (χ0v) is 16.3. The van der Waals surface area contributed by atoms with Crippen molar-refractivity contribution in [1.82, 2.24) is 9.88 Å². The second kappa shape index (κ2) is 7.80. The lowest BCUT2D eigenvalue weighted by molar-refractivity contribution is -0.00234. The summed E-state index contributed by atoms with van der Waals surface area (Å²) in [5.74, 6) is 1.46. The number of hydrogen-bond donors (Lipinski definition) is 2. The minimum atomic E-state index is -0.824. The van der Waals surface area contributed by atoms with Crippen molar-refractivity contribution in [2.24, 2.45) is 5.92 Å². The van der Waals surface area contributed by atoms with Gasteiger partial charge in [-0.25, -0.2) is 0 Å². The van der Waals surface area contributed by atoms with Crippen molar-refractivity contribution in [2.75, 3.05) is 32.1 Å².